The molecule has 1 N–H and O–H groups in total. The average Bonchev–Trinajstić information content (AvgIpc) is 3.36. The molecule has 3 aromatic rings. The van der Waals surface area contributed by atoms with E-state index in [1.54, 1.807) is 34.1 Å². The third-order valence-electron chi connectivity index (χ3n) is 5.42. The first-order valence-electron chi connectivity index (χ1n) is 10.3. The van der Waals surface area contributed by atoms with Crippen molar-refractivity contribution in [2.45, 2.75) is 37.3 Å². The molecule has 0 fully saturated rings. The standard InChI is InChI=1S/C23H26FN5OS/c1-4-5-19(16-10-12-25-22(14-16)31(2)3)27-23(30)28-13-11-20-21(28)15-26-29(20)18-8-6-17(24)7-9-18/h6-10,12,14-15,19H,2,4-5,11,13H2,1,3H3,(H,27,30). The maximum atomic E-state index is 13.3. The summed E-state index contributed by atoms with van der Waals surface area (Å²) in [5, 5.41) is 8.57. The van der Waals surface area contributed by atoms with E-state index in [1.165, 1.54) is 12.1 Å². The normalized spacial score (nSPS) is 14.9. The van der Waals surface area contributed by atoms with Gasteiger partial charge in [-0.1, -0.05) is 19.2 Å². The number of carbonyl (C=O) groups is 1. The van der Waals surface area contributed by atoms with Crippen LogP contribution in [0.2, 0.25) is 0 Å². The predicted octanol–water partition coefficient (Wildman–Crippen LogP) is 4.71. The van der Waals surface area contributed by atoms with Gasteiger partial charge < -0.3 is 5.32 Å². The van der Waals surface area contributed by atoms with Crippen molar-refractivity contribution in [2.24, 2.45) is 0 Å². The van der Waals surface area contributed by atoms with E-state index in [4.69, 9.17) is 0 Å². The van der Waals surface area contributed by atoms with Crippen LogP contribution in [-0.2, 0) is 6.42 Å². The third-order valence-corrected chi connectivity index (χ3v) is 6.36. The van der Waals surface area contributed by atoms with Gasteiger partial charge in [-0.3, -0.25) is 9.88 Å². The summed E-state index contributed by atoms with van der Waals surface area (Å²) < 4.78 is 15.0. The number of halogens is 1. The van der Waals surface area contributed by atoms with Gasteiger partial charge in [0.25, 0.3) is 0 Å². The lowest BCUT2D eigenvalue weighted by atomic mass is 10.0. The molecular weight excluding hydrogens is 413 g/mol. The maximum absolute atomic E-state index is 13.3. The van der Waals surface area contributed by atoms with Crippen LogP contribution < -0.4 is 10.2 Å². The van der Waals surface area contributed by atoms with Crippen LogP contribution >= 0.6 is 10.5 Å². The molecule has 31 heavy (non-hydrogen) atoms. The fourth-order valence-corrected chi connectivity index (χ4v) is 4.43. The first-order valence-corrected chi connectivity index (χ1v) is 12.1. The van der Waals surface area contributed by atoms with Crippen molar-refractivity contribution in [3.8, 4) is 5.69 Å². The quantitative estimate of drug-likeness (QED) is 0.566. The molecule has 0 spiro atoms. The molecule has 2 aromatic heterocycles. The zero-order valence-electron chi connectivity index (χ0n) is 17.7. The van der Waals surface area contributed by atoms with Gasteiger partial charge in [-0.2, -0.15) is 5.10 Å². The maximum Gasteiger partial charge on any atom is 0.322 e. The summed E-state index contributed by atoms with van der Waals surface area (Å²) in [6, 6.07) is 9.96. The molecule has 0 saturated carbocycles. The first-order chi connectivity index (χ1) is 15.0. The van der Waals surface area contributed by atoms with Crippen molar-refractivity contribution in [2.75, 3.05) is 17.7 Å². The largest absolute Gasteiger partial charge is 0.331 e. The molecule has 162 valence electrons. The van der Waals surface area contributed by atoms with E-state index < -0.39 is 0 Å². The van der Waals surface area contributed by atoms with Crippen LogP contribution in [0.15, 0.2) is 53.8 Å². The van der Waals surface area contributed by atoms with Gasteiger partial charge >= 0.3 is 6.03 Å². The first kappa shape index (κ1) is 21.2. The summed E-state index contributed by atoms with van der Waals surface area (Å²) >= 11 is 0. The van der Waals surface area contributed by atoms with Gasteiger partial charge in [0.05, 0.1) is 34.3 Å². The van der Waals surface area contributed by atoms with Gasteiger partial charge in [-0.15, -0.1) is 10.5 Å². The second-order valence-corrected chi connectivity index (χ2v) is 9.31. The fraction of sp³-hybridized carbons (Fsp3) is 0.304. The van der Waals surface area contributed by atoms with Crippen LogP contribution in [0.5, 0.6) is 0 Å². The summed E-state index contributed by atoms with van der Waals surface area (Å²) in [5.74, 6) is 3.79. The summed E-state index contributed by atoms with van der Waals surface area (Å²) in [6.07, 6.45) is 7.99. The van der Waals surface area contributed by atoms with E-state index in [0.29, 0.717) is 13.0 Å². The van der Waals surface area contributed by atoms with Crippen molar-refractivity contribution in [3.63, 3.8) is 0 Å². The summed E-state index contributed by atoms with van der Waals surface area (Å²) in [5.41, 5.74) is 3.57. The molecule has 0 saturated heterocycles. The number of anilines is 1. The number of benzene rings is 1. The van der Waals surface area contributed by atoms with Crippen LogP contribution in [0.4, 0.5) is 14.9 Å². The Kier molecular flexibility index (Phi) is 6.18. The highest BCUT2D eigenvalue weighted by molar-refractivity contribution is 8.13. The number of fused-ring (bicyclic) bond motifs is 1. The number of nitrogens with one attached hydrogen (secondary N) is 1. The zero-order valence-corrected chi connectivity index (χ0v) is 18.5. The number of carbonyl (C=O) groups excluding carboxylic acids is 1. The van der Waals surface area contributed by atoms with Crippen LogP contribution in [0.1, 0.15) is 37.1 Å². The lowest BCUT2D eigenvalue weighted by Crippen LogP contribution is -2.40. The average molecular weight is 440 g/mol. The summed E-state index contributed by atoms with van der Waals surface area (Å²) in [4.78, 5) is 19.3. The Hall–Kier alpha value is -3.00. The van der Waals surface area contributed by atoms with E-state index in [0.717, 1.165) is 40.5 Å². The molecule has 6 nitrogen and oxygen atoms in total. The van der Waals surface area contributed by atoms with Crippen molar-refractivity contribution < 1.29 is 9.18 Å². The Morgan fingerprint density at radius 2 is 2.10 bits per heavy atom. The molecule has 1 aliphatic rings. The molecule has 3 heterocycles. The third kappa shape index (κ3) is 4.39. The van der Waals surface area contributed by atoms with E-state index in [2.05, 4.69) is 28.2 Å². The minimum Gasteiger partial charge on any atom is -0.331 e. The van der Waals surface area contributed by atoms with Gasteiger partial charge in [0.2, 0.25) is 0 Å². The summed E-state index contributed by atoms with van der Waals surface area (Å²) in [6.45, 7) is 2.69. The minimum absolute atomic E-state index is 0.0982. The Bertz CT molecular complexity index is 1110. The fourth-order valence-electron chi connectivity index (χ4n) is 3.85. The van der Waals surface area contributed by atoms with Crippen LogP contribution in [0.3, 0.4) is 0 Å². The molecule has 1 aromatic carbocycles. The Morgan fingerprint density at radius 3 is 2.81 bits per heavy atom. The molecular formula is C23H26FN5OS. The van der Waals surface area contributed by atoms with Crippen LogP contribution in [-0.4, -0.2) is 39.5 Å². The number of pyridine rings is 1. The highest BCUT2D eigenvalue weighted by atomic mass is 32.2. The second-order valence-electron chi connectivity index (χ2n) is 7.62. The predicted molar refractivity (Wildman–Crippen MR) is 124 cm³/mol. The monoisotopic (exact) mass is 439 g/mol. The molecule has 0 aliphatic carbocycles. The van der Waals surface area contributed by atoms with E-state index in [-0.39, 0.29) is 28.4 Å². The number of urea groups is 1. The number of hydrogen-bond donors (Lipinski definition) is 1. The molecule has 8 heteroatoms. The molecule has 4 rings (SSSR count). The van der Waals surface area contributed by atoms with Crippen molar-refractivity contribution >= 4 is 28.1 Å². The van der Waals surface area contributed by atoms with Crippen molar-refractivity contribution in [1.29, 1.82) is 0 Å². The molecule has 1 aliphatic heterocycles. The molecule has 2 amide bonds. The van der Waals surface area contributed by atoms with Crippen LogP contribution in [0.25, 0.3) is 5.69 Å². The SMILES string of the molecule is C=S(C)c1cc(C(CCC)NC(=O)N2CCc3c2cnn3-c2ccc(F)cc2)ccn1. The smallest absolute Gasteiger partial charge is 0.322 e. The lowest BCUT2D eigenvalue weighted by molar-refractivity contribution is 0.242. The van der Waals surface area contributed by atoms with E-state index in [9.17, 15) is 9.18 Å². The summed E-state index contributed by atoms with van der Waals surface area (Å²) in [7, 11) is -0.190. The Morgan fingerprint density at radius 1 is 1.32 bits per heavy atom. The van der Waals surface area contributed by atoms with E-state index in [1.807, 2.05) is 18.4 Å². The molecule has 0 bridgehead atoms. The van der Waals surface area contributed by atoms with Crippen molar-refractivity contribution in [1.82, 2.24) is 20.1 Å². The number of nitrogens with zero attached hydrogens (tertiary/aromatic N) is 4. The lowest BCUT2D eigenvalue weighted by Gasteiger charge is -2.23. The highest BCUT2D eigenvalue weighted by Crippen LogP contribution is 2.31. The van der Waals surface area contributed by atoms with Gasteiger partial charge in [0, 0.05) is 19.2 Å². The second kappa shape index (κ2) is 9.01. The number of amides is 2. The Labute approximate surface area is 184 Å². The molecule has 0 radical (unpaired) electrons. The van der Waals surface area contributed by atoms with Gasteiger partial charge in [0.15, 0.2) is 0 Å². The number of aromatic nitrogens is 3. The number of hydrogen-bond acceptors (Lipinski definition) is 3. The topological polar surface area (TPSA) is 63.1 Å². The zero-order chi connectivity index (χ0) is 22.0. The van der Waals surface area contributed by atoms with Crippen LogP contribution in [0, 0.1) is 5.82 Å². The van der Waals surface area contributed by atoms with Crippen molar-refractivity contribution in [3.05, 3.63) is 65.9 Å². The van der Waals surface area contributed by atoms with E-state index >= 15 is 0 Å². The Balaban J connectivity index is 1.55. The molecule has 2 atom stereocenters. The minimum atomic E-state index is -0.288. The highest BCUT2D eigenvalue weighted by Gasteiger charge is 2.30. The molecule has 2 unspecified atom stereocenters. The van der Waals surface area contributed by atoms with Gasteiger partial charge in [-0.05, 0) is 54.6 Å². The van der Waals surface area contributed by atoms with Gasteiger partial charge in [0.1, 0.15) is 5.82 Å². The number of rotatable bonds is 6. The van der Waals surface area contributed by atoms with Gasteiger partial charge in [-0.25, -0.2) is 13.9 Å².